The van der Waals surface area contributed by atoms with Gasteiger partial charge in [0.15, 0.2) is 0 Å². The Bertz CT molecular complexity index is 322. The minimum Gasteiger partial charge on any atom is -0.391 e. The fourth-order valence-corrected chi connectivity index (χ4v) is 2.29. The molecule has 1 aliphatic heterocycles. The molecule has 17 heavy (non-hydrogen) atoms. The minimum atomic E-state index is -0.294. The van der Waals surface area contributed by atoms with Gasteiger partial charge < -0.3 is 14.7 Å². The first-order valence-corrected chi connectivity index (χ1v) is 6.37. The van der Waals surface area contributed by atoms with Crippen molar-refractivity contribution in [3.05, 3.63) is 30.3 Å². The highest BCUT2D eigenvalue weighted by atomic mass is 16.5. The average molecular weight is 235 g/mol. The summed E-state index contributed by atoms with van der Waals surface area (Å²) in [6, 6.07) is 10.2. The summed E-state index contributed by atoms with van der Waals surface area (Å²) in [6.07, 6.45) is 0.686. The SMILES string of the molecule is CCN(CC(O)C1CCOC1)c1ccccc1. The third-order valence-electron chi connectivity index (χ3n) is 3.42. The number of likely N-dealkylation sites (N-methyl/N-ethyl adjacent to an activating group) is 1. The highest BCUT2D eigenvalue weighted by Crippen LogP contribution is 2.20. The maximum absolute atomic E-state index is 10.2. The van der Waals surface area contributed by atoms with E-state index in [0.29, 0.717) is 19.1 Å². The zero-order valence-corrected chi connectivity index (χ0v) is 10.4. The fourth-order valence-electron chi connectivity index (χ4n) is 2.29. The van der Waals surface area contributed by atoms with Crippen LogP contribution in [0.2, 0.25) is 0 Å². The van der Waals surface area contributed by atoms with E-state index in [1.54, 1.807) is 0 Å². The van der Waals surface area contributed by atoms with Crippen LogP contribution in [0.3, 0.4) is 0 Å². The Balaban J connectivity index is 1.95. The van der Waals surface area contributed by atoms with Crippen LogP contribution >= 0.6 is 0 Å². The molecule has 0 radical (unpaired) electrons. The summed E-state index contributed by atoms with van der Waals surface area (Å²) < 4.78 is 5.32. The van der Waals surface area contributed by atoms with Crippen LogP contribution in [0.25, 0.3) is 0 Å². The smallest absolute Gasteiger partial charge is 0.0765 e. The van der Waals surface area contributed by atoms with Gasteiger partial charge in [-0.3, -0.25) is 0 Å². The average Bonchev–Trinajstić information content (AvgIpc) is 2.90. The molecule has 1 aromatic rings. The first-order valence-electron chi connectivity index (χ1n) is 6.37. The Labute approximate surface area is 103 Å². The number of nitrogens with zero attached hydrogens (tertiary/aromatic N) is 1. The van der Waals surface area contributed by atoms with E-state index in [1.807, 2.05) is 18.2 Å². The van der Waals surface area contributed by atoms with Gasteiger partial charge in [-0.1, -0.05) is 18.2 Å². The molecule has 0 aromatic heterocycles. The molecule has 2 rings (SSSR count). The molecule has 0 bridgehead atoms. The topological polar surface area (TPSA) is 32.7 Å². The van der Waals surface area contributed by atoms with Gasteiger partial charge in [-0.25, -0.2) is 0 Å². The van der Waals surface area contributed by atoms with Crippen molar-refractivity contribution in [1.82, 2.24) is 0 Å². The number of ether oxygens (including phenoxy) is 1. The minimum absolute atomic E-state index is 0.294. The normalized spacial score (nSPS) is 21.4. The van der Waals surface area contributed by atoms with Crippen LogP contribution < -0.4 is 4.90 Å². The molecule has 0 aliphatic carbocycles. The fraction of sp³-hybridized carbons (Fsp3) is 0.571. The summed E-state index contributed by atoms with van der Waals surface area (Å²) in [6.45, 7) is 5.21. The van der Waals surface area contributed by atoms with Crippen LogP contribution in [-0.4, -0.2) is 37.5 Å². The van der Waals surface area contributed by atoms with Crippen molar-refractivity contribution in [2.24, 2.45) is 5.92 Å². The third-order valence-corrected chi connectivity index (χ3v) is 3.42. The molecule has 3 heteroatoms. The van der Waals surface area contributed by atoms with Gasteiger partial charge in [0.2, 0.25) is 0 Å². The molecule has 2 unspecified atom stereocenters. The Morgan fingerprint density at radius 2 is 2.18 bits per heavy atom. The van der Waals surface area contributed by atoms with Crippen LogP contribution in [-0.2, 0) is 4.74 Å². The number of benzene rings is 1. The van der Waals surface area contributed by atoms with Gasteiger partial charge in [0.25, 0.3) is 0 Å². The molecule has 0 spiro atoms. The maximum Gasteiger partial charge on any atom is 0.0765 e. The molecule has 94 valence electrons. The molecule has 3 nitrogen and oxygen atoms in total. The van der Waals surface area contributed by atoms with Crippen LogP contribution in [0.1, 0.15) is 13.3 Å². The Morgan fingerprint density at radius 3 is 2.76 bits per heavy atom. The van der Waals surface area contributed by atoms with E-state index in [9.17, 15) is 5.11 Å². The molecule has 1 fully saturated rings. The number of aliphatic hydroxyl groups is 1. The molecular weight excluding hydrogens is 214 g/mol. The molecule has 0 amide bonds. The molecule has 1 N–H and O–H groups in total. The molecule has 1 aromatic carbocycles. The summed E-state index contributed by atoms with van der Waals surface area (Å²) in [4.78, 5) is 2.21. The van der Waals surface area contributed by atoms with E-state index in [0.717, 1.165) is 19.6 Å². The van der Waals surface area contributed by atoms with Crippen molar-refractivity contribution in [2.45, 2.75) is 19.4 Å². The van der Waals surface area contributed by atoms with Crippen LogP contribution in [0, 0.1) is 5.92 Å². The second-order valence-corrected chi connectivity index (χ2v) is 4.57. The molecule has 2 atom stereocenters. The molecule has 0 saturated carbocycles. The molecular formula is C14H21NO2. The standard InChI is InChI=1S/C14H21NO2/c1-2-15(13-6-4-3-5-7-13)10-14(16)12-8-9-17-11-12/h3-7,12,14,16H,2,8-11H2,1H3. The largest absolute Gasteiger partial charge is 0.391 e. The van der Waals surface area contributed by atoms with Crippen molar-refractivity contribution in [1.29, 1.82) is 0 Å². The molecule has 1 saturated heterocycles. The second kappa shape index (κ2) is 6.03. The van der Waals surface area contributed by atoms with E-state index in [-0.39, 0.29) is 6.10 Å². The summed E-state index contributed by atoms with van der Waals surface area (Å²) in [5.41, 5.74) is 1.17. The number of anilines is 1. The van der Waals surface area contributed by atoms with Crippen LogP contribution in [0.15, 0.2) is 30.3 Å². The third kappa shape index (κ3) is 3.20. The van der Waals surface area contributed by atoms with E-state index >= 15 is 0 Å². The lowest BCUT2D eigenvalue weighted by molar-refractivity contribution is 0.0963. The van der Waals surface area contributed by atoms with Gasteiger partial charge in [-0.05, 0) is 25.5 Å². The highest BCUT2D eigenvalue weighted by molar-refractivity contribution is 5.45. The zero-order chi connectivity index (χ0) is 12.1. The Morgan fingerprint density at radius 1 is 1.41 bits per heavy atom. The Hall–Kier alpha value is -1.06. The van der Waals surface area contributed by atoms with Gasteiger partial charge in [0.1, 0.15) is 0 Å². The zero-order valence-electron chi connectivity index (χ0n) is 10.4. The highest BCUT2D eigenvalue weighted by Gasteiger charge is 2.25. The monoisotopic (exact) mass is 235 g/mol. The van der Waals surface area contributed by atoms with Crippen LogP contribution in [0.4, 0.5) is 5.69 Å². The number of hydrogen-bond donors (Lipinski definition) is 1. The molecule has 1 aliphatic rings. The van der Waals surface area contributed by atoms with Gasteiger partial charge >= 0.3 is 0 Å². The van der Waals surface area contributed by atoms with Gasteiger partial charge in [0, 0.05) is 31.3 Å². The first-order chi connectivity index (χ1) is 8.31. The van der Waals surface area contributed by atoms with E-state index in [4.69, 9.17) is 4.74 Å². The Kier molecular flexibility index (Phi) is 4.40. The predicted octanol–water partition coefficient (Wildman–Crippen LogP) is 1.91. The van der Waals surface area contributed by atoms with E-state index < -0.39 is 0 Å². The number of para-hydroxylation sites is 1. The lowest BCUT2D eigenvalue weighted by Gasteiger charge is -2.28. The van der Waals surface area contributed by atoms with Crippen molar-refractivity contribution in [3.63, 3.8) is 0 Å². The lowest BCUT2D eigenvalue weighted by atomic mass is 10.0. The van der Waals surface area contributed by atoms with Crippen molar-refractivity contribution in [2.75, 3.05) is 31.2 Å². The van der Waals surface area contributed by atoms with Crippen molar-refractivity contribution < 1.29 is 9.84 Å². The predicted molar refractivity (Wildman–Crippen MR) is 69.3 cm³/mol. The van der Waals surface area contributed by atoms with Gasteiger partial charge in [-0.15, -0.1) is 0 Å². The summed E-state index contributed by atoms with van der Waals surface area (Å²) >= 11 is 0. The number of aliphatic hydroxyl groups excluding tert-OH is 1. The first kappa shape index (κ1) is 12.4. The van der Waals surface area contributed by atoms with Crippen LogP contribution in [0.5, 0.6) is 0 Å². The van der Waals surface area contributed by atoms with Gasteiger partial charge in [-0.2, -0.15) is 0 Å². The van der Waals surface area contributed by atoms with E-state index in [1.165, 1.54) is 5.69 Å². The maximum atomic E-state index is 10.2. The summed E-state index contributed by atoms with van der Waals surface area (Å²) in [5, 5.41) is 10.2. The summed E-state index contributed by atoms with van der Waals surface area (Å²) in [5.74, 6) is 0.299. The van der Waals surface area contributed by atoms with Gasteiger partial charge in [0.05, 0.1) is 12.7 Å². The van der Waals surface area contributed by atoms with Crippen molar-refractivity contribution in [3.8, 4) is 0 Å². The van der Waals surface area contributed by atoms with E-state index in [2.05, 4.69) is 24.0 Å². The van der Waals surface area contributed by atoms with Crippen molar-refractivity contribution >= 4 is 5.69 Å². The summed E-state index contributed by atoms with van der Waals surface area (Å²) in [7, 11) is 0. The molecule has 1 heterocycles. The quantitative estimate of drug-likeness (QED) is 0.846. The number of rotatable bonds is 5. The lowest BCUT2D eigenvalue weighted by Crippen LogP contribution is -2.36. The number of hydrogen-bond acceptors (Lipinski definition) is 3. The second-order valence-electron chi connectivity index (χ2n) is 4.57.